The first-order valence-electron chi connectivity index (χ1n) is 17.2. The lowest BCUT2D eigenvalue weighted by molar-refractivity contribution is -0.161. The van der Waals surface area contributed by atoms with Gasteiger partial charge in [0.1, 0.15) is 4.90 Å². The van der Waals surface area contributed by atoms with Crippen LogP contribution in [-0.4, -0.2) is 45.8 Å². The minimum absolute atomic E-state index is 0.0146. The van der Waals surface area contributed by atoms with Gasteiger partial charge in [0.25, 0.3) is 10.1 Å². The van der Waals surface area contributed by atoms with Crippen LogP contribution in [0.3, 0.4) is 0 Å². The van der Waals surface area contributed by atoms with Crippen molar-refractivity contribution < 1.29 is 43.9 Å². The molecule has 0 fully saturated rings. The van der Waals surface area contributed by atoms with Crippen LogP contribution < -0.4 is 0 Å². The Hall–Kier alpha value is -4.14. The van der Waals surface area contributed by atoms with E-state index in [2.05, 4.69) is 95.7 Å². The van der Waals surface area contributed by atoms with Crippen LogP contribution in [0.15, 0.2) is 153 Å². The summed E-state index contributed by atoms with van der Waals surface area (Å²) in [7, 11) is -9.97. The van der Waals surface area contributed by atoms with E-state index in [1.807, 2.05) is 18.2 Å². The number of hydrogen-bond donors (Lipinski definition) is 0. The van der Waals surface area contributed by atoms with Gasteiger partial charge in [-0.2, -0.15) is 17.2 Å². The molecule has 0 bridgehead atoms. The van der Waals surface area contributed by atoms with Crippen molar-refractivity contribution in [3.63, 3.8) is 0 Å². The molecule has 0 atom stereocenters. The molecule has 0 aromatic heterocycles. The van der Waals surface area contributed by atoms with E-state index < -0.39 is 38.1 Å². The lowest BCUT2D eigenvalue weighted by Crippen LogP contribution is -2.39. The highest BCUT2D eigenvalue weighted by molar-refractivity contribution is 7.97. The Labute approximate surface area is 313 Å². The molecule has 5 aromatic rings. The third-order valence-electron chi connectivity index (χ3n) is 8.02. The van der Waals surface area contributed by atoms with E-state index in [1.54, 1.807) is 18.2 Å². The van der Waals surface area contributed by atoms with Crippen molar-refractivity contribution in [1.82, 2.24) is 0 Å². The first kappa shape index (κ1) is 41.6. The quantitative estimate of drug-likeness (QED) is 0.0283. The van der Waals surface area contributed by atoms with Gasteiger partial charge in [0.05, 0.1) is 24.1 Å². The van der Waals surface area contributed by atoms with Crippen molar-refractivity contribution in [2.24, 2.45) is 0 Å². The summed E-state index contributed by atoms with van der Waals surface area (Å²) in [6.07, 6.45) is 5.53. The molecule has 0 radical (unpaired) electrons. The van der Waals surface area contributed by atoms with Gasteiger partial charge in [-0.1, -0.05) is 130 Å². The van der Waals surface area contributed by atoms with Gasteiger partial charge in [0, 0.05) is 5.39 Å². The van der Waals surface area contributed by atoms with Gasteiger partial charge in [0.2, 0.25) is 0 Å². The zero-order chi connectivity index (χ0) is 38.2. The molecule has 5 aromatic carbocycles. The molecule has 5 rings (SSSR count). The maximum absolute atomic E-state index is 12.9. The van der Waals surface area contributed by atoms with E-state index in [-0.39, 0.29) is 28.8 Å². The molecule has 0 spiro atoms. The molecule has 53 heavy (non-hydrogen) atoms. The van der Waals surface area contributed by atoms with Crippen molar-refractivity contribution in [3.8, 4) is 0 Å². The fraction of sp³-hybridized carbons (Fsp3) is 0.275. The van der Waals surface area contributed by atoms with E-state index >= 15 is 0 Å². The molecule has 0 saturated carbocycles. The van der Waals surface area contributed by atoms with Crippen LogP contribution in [0.1, 0.15) is 51.4 Å². The van der Waals surface area contributed by atoms with E-state index in [1.165, 1.54) is 20.8 Å². The van der Waals surface area contributed by atoms with Gasteiger partial charge in [-0.3, -0.25) is 4.18 Å². The summed E-state index contributed by atoms with van der Waals surface area (Å²) in [5.74, 6) is -2.35. The molecule has 0 aliphatic heterocycles. The Balaban J connectivity index is 0.000000275. The number of fused-ring (bicyclic) bond motifs is 1. The average molecular weight is 785 g/mol. The molecule has 0 aliphatic carbocycles. The number of alkyl halides is 2. The second-order valence-electron chi connectivity index (χ2n) is 11.9. The summed E-state index contributed by atoms with van der Waals surface area (Å²) in [4.78, 5) is 15.2. The Bertz CT molecular complexity index is 1980. The number of carbonyl (C=O) groups excluding carboxylic acids is 1. The van der Waals surface area contributed by atoms with Crippen molar-refractivity contribution >= 4 is 47.9 Å². The molecule has 0 unspecified atom stereocenters. The molecule has 0 saturated heterocycles. The number of unbranched alkanes of at least 4 members (excludes halogenated alkanes) is 7. The summed E-state index contributed by atoms with van der Waals surface area (Å²) in [5, 5.41) is -3.65. The van der Waals surface area contributed by atoms with Crippen molar-refractivity contribution in [2.75, 3.05) is 13.2 Å². The molecular weight excluding hydrogens is 743 g/mol. The SMILES string of the molecule is O=C(OCCCCCCCCCCOS(=O)(=O)c1cccc2ccccc12)C(F)(F)S(=O)(=O)[O-].c1ccc([S+](c2ccccc2)c2ccccc2)cc1. The highest BCUT2D eigenvalue weighted by Crippen LogP contribution is 2.30. The lowest BCUT2D eigenvalue weighted by atomic mass is 10.1. The van der Waals surface area contributed by atoms with Crippen LogP contribution in [-0.2, 0) is 44.8 Å². The number of halogens is 2. The van der Waals surface area contributed by atoms with Crippen molar-refractivity contribution in [2.45, 2.75) is 76.2 Å². The Morgan fingerprint density at radius 2 is 0.981 bits per heavy atom. The highest BCUT2D eigenvalue weighted by Gasteiger charge is 2.48. The summed E-state index contributed by atoms with van der Waals surface area (Å²) < 4.78 is 91.1. The van der Waals surface area contributed by atoms with Crippen molar-refractivity contribution in [3.05, 3.63) is 133 Å². The third kappa shape index (κ3) is 12.5. The molecular formula is C40H42F2O8S3. The van der Waals surface area contributed by atoms with Crippen LogP contribution in [0.4, 0.5) is 8.78 Å². The first-order chi connectivity index (χ1) is 25.4. The summed E-state index contributed by atoms with van der Waals surface area (Å²) in [5.41, 5.74) is 0. The molecule has 282 valence electrons. The number of rotatable bonds is 18. The van der Waals surface area contributed by atoms with Crippen LogP contribution in [0.25, 0.3) is 10.8 Å². The lowest BCUT2D eigenvalue weighted by Gasteiger charge is -2.17. The highest BCUT2D eigenvalue weighted by atomic mass is 32.2. The number of ether oxygens (including phenoxy) is 1. The fourth-order valence-electron chi connectivity index (χ4n) is 5.34. The number of esters is 1. The standard InChI is InChI=1S/C22H28F2O8S2.C18H15S/c23-22(24,34(28,29)30)21(25)31-16-9-5-3-1-2-4-6-10-17-32-33(26,27)20-15-11-13-18-12-7-8-14-19(18)20;1-4-10-16(11-5-1)19(17-12-6-2-7-13-17)18-14-8-3-9-15-18/h7-8,11-15H,1-6,9-10,16-17H2,(H,28,29,30);1-15H/q;+1/p-1. The predicted octanol–water partition coefficient (Wildman–Crippen LogP) is 9.13. The zero-order valence-electron chi connectivity index (χ0n) is 29.0. The van der Waals surface area contributed by atoms with Crippen LogP contribution >= 0.6 is 0 Å². The summed E-state index contributed by atoms with van der Waals surface area (Å²) in [6.45, 7) is -0.312. The second kappa shape index (κ2) is 20.4. The van der Waals surface area contributed by atoms with Gasteiger partial charge in [-0.05, 0) is 60.7 Å². The minimum Gasteiger partial charge on any atom is -0.743 e. The van der Waals surface area contributed by atoms with Crippen LogP contribution in [0.2, 0.25) is 0 Å². The summed E-state index contributed by atoms with van der Waals surface area (Å²) in [6, 6.07) is 44.4. The Morgan fingerprint density at radius 1 is 0.566 bits per heavy atom. The van der Waals surface area contributed by atoms with Gasteiger partial charge >= 0.3 is 11.2 Å². The van der Waals surface area contributed by atoms with Gasteiger partial charge in [-0.25, -0.2) is 13.2 Å². The minimum atomic E-state index is -6.10. The molecule has 0 heterocycles. The maximum Gasteiger partial charge on any atom is 0.428 e. The largest absolute Gasteiger partial charge is 0.743 e. The average Bonchev–Trinajstić information content (AvgIpc) is 3.16. The maximum atomic E-state index is 12.9. The van der Waals surface area contributed by atoms with E-state index in [4.69, 9.17) is 4.18 Å². The van der Waals surface area contributed by atoms with Crippen molar-refractivity contribution in [1.29, 1.82) is 0 Å². The normalized spacial score (nSPS) is 11.9. The molecule has 0 aliphatic rings. The van der Waals surface area contributed by atoms with Gasteiger partial charge in [-0.15, -0.1) is 0 Å². The monoisotopic (exact) mass is 784 g/mol. The molecule has 0 amide bonds. The number of hydrogen-bond acceptors (Lipinski definition) is 8. The zero-order valence-corrected chi connectivity index (χ0v) is 31.5. The third-order valence-corrected chi connectivity index (χ3v) is 12.4. The number of carbonyl (C=O) groups is 1. The number of benzene rings is 5. The van der Waals surface area contributed by atoms with Crippen LogP contribution in [0, 0.1) is 0 Å². The molecule has 0 N–H and O–H groups in total. The van der Waals surface area contributed by atoms with E-state index in [0.29, 0.717) is 18.2 Å². The van der Waals surface area contributed by atoms with Gasteiger partial charge < -0.3 is 9.29 Å². The van der Waals surface area contributed by atoms with Crippen LogP contribution in [0.5, 0.6) is 0 Å². The molecule has 8 nitrogen and oxygen atoms in total. The Morgan fingerprint density at radius 3 is 1.47 bits per heavy atom. The topological polar surface area (TPSA) is 127 Å². The Kier molecular flexibility index (Phi) is 16.0. The molecule has 13 heteroatoms. The van der Waals surface area contributed by atoms with E-state index in [0.717, 1.165) is 37.5 Å². The van der Waals surface area contributed by atoms with E-state index in [9.17, 15) is 35.0 Å². The summed E-state index contributed by atoms with van der Waals surface area (Å²) >= 11 is 0. The first-order valence-corrected chi connectivity index (χ1v) is 21.2. The second-order valence-corrected chi connectivity index (χ2v) is 17.0. The smallest absolute Gasteiger partial charge is 0.428 e. The fourth-order valence-corrected chi connectivity index (χ4v) is 8.87. The van der Waals surface area contributed by atoms with Gasteiger partial charge in [0.15, 0.2) is 24.8 Å². The predicted molar refractivity (Wildman–Crippen MR) is 201 cm³/mol.